The summed E-state index contributed by atoms with van der Waals surface area (Å²) in [6.45, 7) is 19.0. The molecule has 14 rings (SSSR count). The number of benzene rings is 9. The van der Waals surface area contributed by atoms with Gasteiger partial charge in [-0.3, -0.25) is 0 Å². The molecule has 350 valence electrons. The van der Waals surface area contributed by atoms with Gasteiger partial charge in [-0.2, -0.15) is 0 Å². The first kappa shape index (κ1) is 43.6. The van der Waals surface area contributed by atoms with E-state index >= 15 is 0 Å². The third-order valence-corrected chi connectivity index (χ3v) is 18.5. The van der Waals surface area contributed by atoms with Gasteiger partial charge in [-0.25, -0.2) is 0 Å². The number of para-hydroxylation sites is 2. The van der Waals surface area contributed by atoms with Crippen LogP contribution in [0.4, 0.5) is 28.4 Å². The molecular weight excluding hydrogens is 888 g/mol. The van der Waals surface area contributed by atoms with Crippen molar-refractivity contribution >= 4 is 77.7 Å². The summed E-state index contributed by atoms with van der Waals surface area (Å²) in [7, 11) is 0. The lowest BCUT2D eigenvalue weighted by Gasteiger charge is -2.53. The van der Waals surface area contributed by atoms with Crippen molar-refractivity contribution in [1.29, 1.82) is 0 Å². The van der Waals surface area contributed by atoms with Gasteiger partial charge < -0.3 is 9.71 Å². The summed E-state index contributed by atoms with van der Waals surface area (Å²) in [4.78, 5) is 5.44. The summed E-state index contributed by atoms with van der Waals surface area (Å²) in [5.41, 5.74) is 24.4. The second-order valence-corrected chi connectivity index (χ2v) is 24.7. The molecule has 4 heteroatoms. The SMILES string of the molecule is Cc1cc2c3c(c1)N(c1ccc(C(C)(C)C)cc1-c1ccccc1)c1cc4c(cc1B3N1c3ccccc3C(c3ccccc3)(c3ccccc3)c3cccc-2c31)sc1cc2c(cc14)C(C)(C)CCC2(C)C. The molecule has 0 unspecified atom stereocenters. The first-order valence-electron chi connectivity index (χ1n) is 26.1. The maximum Gasteiger partial charge on any atom is 0.333 e. The molecule has 72 heavy (non-hydrogen) atoms. The summed E-state index contributed by atoms with van der Waals surface area (Å²) in [5.74, 6) is 0. The fraction of sp³-hybridized carbons (Fsp3) is 0.206. The lowest BCUT2D eigenvalue weighted by atomic mass is 9.42. The molecule has 0 amide bonds. The lowest BCUT2D eigenvalue weighted by molar-refractivity contribution is 0.332. The standard InChI is InChI=1S/C68H59BN2S/c1-42-35-51-47-27-20-29-53-64(47)71(58-30-19-18-28-52(58)68(53,44-23-14-10-15-24-44)45-25-16-11-17-26-45)69-56-41-62-50(49-38-54-55(40-61(49)72-62)67(7,8)34-33-66(54,5)6)39-59(56)70(60(36-42)63(51)69)57-32-31-46(65(2,3)4)37-48(57)43-21-12-9-13-22-43/h9-32,35-41H,33-34H2,1-8H3. The van der Waals surface area contributed by atoms with Gasteiger partial charge in [0.15, 0.2) is 0 Å². The van der Waals surface area contributed by atoms with Crippen molar-refractivity contribution in [2.24, 2.45) is 0 Å². The number of anilines is 5. The van der Waals surface area contributed by atoms with E-state index < -0.39 is 5.41 Å². The molecule has 1 aliphatic carbocycles. The molecule has 1 aromatic heterocycles. The van der Waals surface area contributed by atoms with Gasteiger partial charge in [-0.1, -0.05) is 188 Å². The second kappa shape index (κ2) is 15.2. The molecule has 0 fully saturated rings. The van der Waals surface area contributed by atoms with Crippen molar-refractivity contribution in [3.8, 4) is 22.3 Å². The van der Waals surface area contributed by atoms with Crippen molar-refractivity contribution in [3.05, 3.63) is 233 Å². The van der Waals surface area contributed by atoms with Crippen LogP contribution in [0.1, 0.15) is 106 Å². The Bertz CT molecular complexity index is 3840. The maximum atomic E-state index is 2.77. The van der Waals surface area contributed by atoms with E-state index in [1.54, 1.807) is 0 Å². The van der Waals surface area contributed by atoms with E-state index in [1.807, 2.05) is 11.3 Å². The summed E-state index contributed by atoms with van der Waals surface area (Å²) in [5, 5.41) is 2.72. The minimum absolute atomic E-state index is 0.0313. The summed E-state index contributed by atoms with van der Waals surface area (Å²) < 4.78 is 2.73. The van der Waals surface area contributed by atoms with Crippen LogP contribution >= 0.6 is 11.3 Å². The van der Waals surface area contributed by atoms with Crippen molar-refractivity contribution in [2.45, 2.75) is 89.9 Å². The molecule has 4 aliphatic rings. The number of nitrogens with zero attached hydrogens (tertiary/aromatic N) is 2. The highest BCUT2D eigenvalue weighted by Crippen LogP contribution is 2.61. The molecular formula is C68H59BN2S. The van der Waals surface area contributed by atoms with Crippen molar-refractivity contribution in [1.82, 2.24) is 0 Å². The number of thiophene rings is 1. The predicted octanol–water partition coefficient (Wildman–Crippen LogP) is 17.1. The quantitative estimate of drug-likeness (QED) is 0.162. The number of aryl methyl sites for hydroxylation is 1. The summed E-state index contributed by atoms with van der Waals surface area (Å²) >= 11 is 1.98. The number of hydrogen-bond donors (Lipinski definition) is 0. The highest BCUT2D eigenvalue weighted by molar-refractivity contribution is 7.26. The molecule has 0 spiro atoms. The first-order chi connectivity index (χ1) is 34.7. The van der Waals surface area contributed by atoms with Gasteiger partial charge in [0.25, 0.3) is 0 Å². The predicted molar refractivity (Wildman–Crippen MR) is 309 cm³/mol. The first-order valence-corrected chi connectivity index (χ1v) is 26.9. The molecule has 0 atom stereocenters. The summed E-state index contributed by atoms with van der Waals surface area (Å²) in [6.07, 6.45) is 2.38. The number of rotatable bonds is 4. The van der Waals surface area contributed by atoms with Crippen LogP contribution in [-0.2, 0) is 21.7 Å². The van der Waals surface area contributed by atoms with Gasteiger partial charge in [-0.15, -0.1) is 11.3 Å². The van der Waals surface area contributed by atoms with Gasteiger partial charge in [0.2, 0.25) is 0 Å². The monoisotopic (exact) mass is 946 g/mol. The van der Waals surface area contributed by atoms with E-state index in [9.17, 15) is 0 Å². The molecule has 0 radical (unpaired) electrons. The van der Waals surface area contributed by atoms with E-state index in [-0.39, 0.29) is 23.1 Å². The van der Waals surface area contributed by atoms with Crippen molar-refractivity contribution < 1.29 is 0 Å². The zero-order valence-corrected chi connectivity index (χ0v) is 43.5. The Hall–Kier alpha value is -7.14. The number of hydrogen-bond acceptors (Lipinski definition) is 3. The van der Waals surface area contributed by atoms with Gasteiger partial charge >= 0.3 is 6.85 Å². The van der Waals surface area contributed by atoms with E-state index in [0.29, 0.717) is 0 Å². The van der Waals surface area contributed by atoms with Gasteiger partial charge in [0, 0.05) is 54.0 Å². The second-order valence-electron chi connectivity index (χ2n) is 23.6. The minimum Gasteiger partial charge on any atom is -0.376 e. The largest absolute Gasteiger partial charge is 0.376 e. The van der Waals surface area contributed by atoms with Crippen LogP contribution in [0.15, 0.2) is 188 Å². The smallest absolute Gasteiger partial charge is 0.333 e. The van der Waals surface area contributed by atoms with E-state index in [2.05, 4.69) is 253 Å². The Morgan fingerprint density at radius 3 is 1.79 bits per heavy atom. The fourth-order valence-electron chi connectivity index (χ4n) is 13.7. The molecule has 4 heterocycles. The molecule has 10 aromatic rings. The average Bonchev–Trinajstić information content (AvgIpc) is 3.74. The molecule has 0 saturated carbocycles. The van der Waals surface area contributed by atoms with Gasteiger partial charge in [0.1, 0.15) is 0 Å². The van der Waals surface area contributed by atoms with Crippen LogP contribution < -0.4 is 20.6 Å². The molecule has 9 aromatic carbocycles. The van der Waals surface area contributed by atoms with Crippen LogP contribution in [0.3, 0.4) is 0 Å². The molecule has 2 nitrogen and oxygen atoms in total. The third-order valence-electron chi connectivity index (χ3n) is 17.3. The minimum atomic E-state index is -0.565. The van der Waals surface area contributed by atoms with Crippen LogP contribution in [0.5, 0.6) is 0 Å². The Morgan fingerprint density at radius 1 is 0.486 bits per heavy atom. The Labute approximate surface area is 429 Å². The maximum absolute atomic E-state index is 2.77. The van der Waals surface area contributed by atoms with E-state index in [1.165, 1.54) is 139 Å². The highest BCUT2D eigenvalue weighted by atomic mass is 32.1. The Morgan fingerprint density at radius 2 is 1.10 bits per heavy atom. The van der Waals surface area contributed by atoms with Crippen molar-refractivity contribution in [3.63, 3.8) is 0 Å². The molecule has 0 bridgehead atoms. The van der Waals surface area contributed by atoms with E-state index in [4.69, 9.17) is 0 Å². The van der Waals surface area contributed by atoms with Crippen LogP contribution in [-0.4, -0.2) is 6.85 Å². The topological polar surface area (TPSA) is 6.48 Å². The third kappa shape index (κ3) is 6.02. The zero-order chi connectivity index (χ0) is 49.1. The Balaban J connectivity index is 1.13. The van der Waals surface area contributed by atoms with Gasteiger partial charge in [0.05, 0.1) is 11.1 Å². The van der Waals surface area contributed by atoms with Crippen LogP contribution in [0, 0.1) is 6.92 Å². The van der Waals surface area contributed by atoms with E-state index in [0.717, 1.165) is 0 Å². The van der Waals surface area contributed by atoms with Crippen LogP contribution in [0.2, 0.25) is 0 Å². The molecule has 0 saturated heterocycles. The van der Waals surface area contributed by atoms with Crippen molar-refractivity contribution in [2.75, 3.05) is 9.71 Å². The lowest BCUT2D eigenvalue weighted by Crippen LogP contribution is -2.63. The van der Waals surface area contributed by atoms with Gasteiger partial charge in [-0.05, 0) is 151 Å². The van der Waals surface area contributed by atoms with Crippen LogP contribution in [0.25, 0.3) is 42.4 Å². The average molecular weight is 947 g/mol. The molecule has 0 N–H and O–H groups in total. The fourth-order valence-corrected chi connectivity index (χ4v) is 14.8. The summed E-state index contributed by atoms with van der Waals surface area (Å²) in [6, 6.07) is 72.8. The molecule has 3 aliphatic heterocycles. The normalized spacial score (nSPS) is 16.5. The highest BCUT2D eigenvalue weighted by Gasteiger charge is 2.54. The number of fused-ring (bicyclic) bond motifs is 10. The zero-order valence-electron chi connectivity index (χ0n) is 42.7. The Kier molecular flexibility index (Phi) is 9.21.